The van der Waals surface area contributed by atoms with E-state index in [-0.39, 0.29) is 17.9 Å². The van der Waals surface area contributed by atoms with Crippen LogP contribution >= 0.6 is 0 Å². The molecule has 5 nitrogen and oxygen atoms in total. The Bertz CT molecular complexity index is 837. The average molecular weight is 319 g/mol. The second-order valence-electron chi connectivity index (χ2n) is 6.14. The Morgan fingerprint density at radius 3 is 2.42 bits per heavy atom. The van der Waals surface area contributed by atoms with Crippen molar-refractivity contribution >= 4 is 23.1 Å². The van der Waals surface area contributed by atoms with Crippen molar-refractivity contribution in [3.05, 3.63) is 65.5 Å². The molecule has 2 heterocycles. The van der Waals surface area contributed by atoms with Gasteiger partial charge in [-0.1, -0.05) is 18.2 Å². The monoisotopic (exact) mass is 319 g/mol. The highest BCUT2D eigenvalue weighted by atomic mass is 16.2. The number of amides is 2. The second-order valence-corrected chi connectivity index (χ2v) is 6.14. The van der Waals surface area contributed by atoms with Gasteiger partial charge in [-0.25, -0.2) is 0 Å². The predicted molar refractivity (Wildman–Crippen MR) is 91.2 cm³/mol. The van der Waals surface area contributed by atoms with Crippen LogP contribution in [0.25, 0.3) is 5.57 Å². The molecule has 0 radical (unpaired) electrons. The molecule has 2 aliphatic rings. The molecule has 1 atom stereocenters. The maximum atomic E-state index is 12.7. The first-order chi connectivity index (χ1) is 11.7. The van der Waals surface area contributed by atoms with Crippen LogP contribution in [0.15, 0.2) is 48.8 Å². The Labute approximate surface area is 139 Å². The maximum absolute atomic E-state index is 12.7. The lowest BCUT2D eigenvalue weighted by Crippen LogP contribution is -2.39. The molecular formula is C19H17N3O2. The number of nitrogen functional groups attached to an aromatic ring is 1. The number of rotatable bonds is 2. The highest BCUT2D eigenvalue weighted by Gasteiger charge is 2.39. The van der Waals surface area contributed by atoms with Crippen LogP contribution in [-0.4, -0.2) is 27.7 Å². The minimum atomic E-state index is -0.228. The summed E-state index contributed by atoms with van der Waals surface area (Å²) >= 11 is 0. The second kappa shape index (κ2) is 5.60. The summed E-state index contributed by atoms with van der Waals surface area (Å²) in [5.41, 5.74) is 9.63. The third-order valence-electron chi connectivity index (χ3n) is 4.69. The van der Waals surface area contributed by atoms with E-state index in [0.29, 0.717) is 16.8 Å². The standard InChI is InChI=1S/C19H17N3O2/c20-17-11-21-9-8-14(17)12-4-3-5-13(10-12)22-18(23)15-6-1-2-7-16(15)19(22)24/h1-2,6-11,13H,3-5,20H2. The minimum absolute atomic E-state index is 0.208. The fourth-order valence-electron chi connectivity index (χ4n) is 3.54. The Hall–Kier alpha value is -2.95. The van der Waals surface area contributed by atoms with Crippen LogP contribution in [0.3, 0.4) is 0 Å². The maximum Gasteiger partial charge on any atom is 0.262 e. The van der Waals surface area contributed by atoms with Crippen LogP contribution in [-0.2, 0) is 0 Å². The number of carbonyl (C=O) groups is 2. The third-order valence-corrected chi connectivity index (χ3v) is 4.69. The summed E-state index contributed by atoms with van der Waals surface area (Å²) in [6.45, 7) is 0. The topological polar surface area (TPSA) is 76.3 Å². The average Bonchev–Trinajstić information content (AvgIpc) is 2.87. The number of anilines is 1. The lowest BCUT2D eigenvalue weighted by molar-refractivity contribution is 0.0606. The normalized spacial score (nSPS) is 20.1. The van der Waals surface area contributed by atoms with Gasteiger partial charge in [0, 0.05) is 11.8 Å². The molecular weight excluding hydrogens is 302 g/mol. The van der Waals surface area contributed by atoms with Gasteiger partial charge >= 0.3 is 0 Å². The summed E-state index contributed by atoms with van der Waals surface area (Å²) in [6.07, 6.45) is 7.91. The van der Waals surface area contributed by atoms with Gasteiger partial charge in [0.15, 0.2) is 0 Å². The Kier molecular flexibility index (Phi) is 3.41. The third kappa shape index (κ3) is 2.21. The van der Waals surface area contributed by atoms with Crippen LogP contribution in [0.5, 0.6) is 0 Å². The highest BCUT2D eigenvalue weighted by molar-refractivity contribution is 6.21. The summed E-state index contributed by atoms with van der Waals surface area (Å²) in [5.74, 6) is -0.415. The molecule has 2 amide bonds. The van der Waals surface area contributed by atoms with Crippen LogP contribution in [0.2, 0.25) is 0 Å². The van der Waals surface area contributed by atoms with E-state index in [2.05, 4.69) is 4.98 Å². The molecule has 1 aliphatic carbocycles. The number of fused-ring (bicyclic) bond motifs is 1. The summed E-state index contributed by atoms with van der Waals surface area (Å²) in [5, 5.41) is 0. The lowest BCUT2D eigenvalue weighted by Gasteiger charge is -2.28. The van der Waals surface area contributed by atoms with Gasteiger partial charge in [-0.15, -0.1) is 0 Å². The molecule has 1 aromatic carbocycles. The molecule has 1 aromatic heterocycles. The summed E-state index contributed by atoms with van der Waals surface area (Å²) in [6, 6.07) is 8.65. The van der Waals surface area contributed by atoms with E-state index < -0.39 is 0 Å². The molecule has 24 heavy (non-hydrogen) atoms. The number of aromatic nitrogens is 1. The van der Waals surface area contributed by atoms with Crippen molar-refractivity contribution in [2.75, 3.05) is 5.73 Å². The van der Waals surface area contributed by atoms with Crippen molar-refractivity contribution in [1.29, 1.82) is 0 Å². The van der Waals surface area contributed by atoms with Gasteiger partial charge < -0.3 is 5.73 Å². The number of pyridine rings is 1. The summed E-state index contributed by atoms with van der Waals surface area (Å²) in [4.78, 5) is 30.7. The SMILES string of the molecule is Nc1cnccc1C1=CC(N2C(=O)c3ccccc3C2=O)CCC1. The van der Waals surface area contributed by atoms with Gasteiger partial charge in [0.1, 0.15) is 0 Å². The Balaban J connectivity index is 1.71. The highest BCUT2D eigenvalue weighted by Crippen LogP contribution is 2.34. The number of benzene rings is 1. The van der Waals surface area contributed by atoms with Crippen molar-refractivity contribution in [3.63, 3.8) is 0 Å². The van der Waals surface area contributed by atoms with E-state index in [1.54, 1.807) is 36.7 Å². The first-order valence-electron chi connectivity index (χ1n) is 8.04. The summed E-state index contributed by atoms with van der Waals surface area (Å²) in [7, 11) is 0. The lowest BCUT2D eigenvalue weighted by atomic mass is 9.90. The molecule has 5 heteroatoms. The molecule has 1 unspecified atom stereocenters. The smallest absolute Gasteiger partial charge is 0.262 e. The van der Waals surface area contributed by atoms with Crippen molar-refractivity contribution in [3.8, 4) is 0 Å². The van der Waals surface area contributed by atoms with Crippen molar-refractivity contribution in [1.82, 2.24) is 9.88 Å². The Morgan fingerprint density at radius 2 is 1.75 bits per heavy atom. The number of allylic oxidation sites excluding steroid dienone is 1. The van der Waals surface area contributed by atoms with Gasteiger partial charge in [0.05, 0.1) is 29.1 Å². The largest absolute Gasteiger partial charge is 0.397 e. The number of nitrogens with zero attached hydrogens (tertiary/aromatic N) is 2. The van der Waals surface area contributed by atoms with E-state index in [9.17, 15) is 9.59 Å². The van der Waals surface area contributed by atoms with E-state index in [1.165, 1.54) is 4.90 Å². The number of hydrogen-bond acceptors (Lipinski definition) is 4. The zero-order valence-corrected chi connectivity index (χ0v) is 13.1. The number of hydrogen-bond donors (Lipinski definition) is 1. The van der Waals surface area contributed by atoms with Gasteiger partial charge in [0.25, 0.3) is 11.8 Å². The summed E-state index contributed by atoms with van der Waals surface area (Å²) < 4.78 is 0. The zero-order chi connectivity index (χ0) is 16.7. The van der Waals surface area contributed by atoms with E-state index in [0.717, 1.165) is 30.4 Å². The van der Waals surface area contributed by atoms with Crippen LogP contribution in [0.1, 0.15) is 45.5 Å². The Morgan fingerprint density at radius 1 is 1.04 bits per heavy atom. The van der Waals surface area contributed by atoms with Crippen molar-refractivity contribution in [2.45, 2.75) is 25.3 Å². The molecule has 0 saturated heterocycles. The van der Waals surface area contributed by atoms with E-state index >= 15 is 0 Å². The fraction of sp³-hybridized carbons (Fsp3) is 0.211. The predicted octanol–water partition coefficient (Wildman–Crippen LogP) is 2.90. The molecule has 0 bridgehead atoms. The van der Waals surface area contributed by atoms with Crippen molar-refractivity contribution in [2.24, 2.45) is 0 Å². The molecule has 0 saturated carbocycles. The minimum Gasteiger partial charge on any atom is -0.397 e. The molecule has 2 aromatic rings. The van der Waals surface area contributed by atoms with Gasteiger partial charge in [-0.2, -0.15) is 0 Å². The first-order valence-corrected chi connectivity index (χ1v) is 8.04. The molecule has 0 fully saturated rings. The van der Waals surface area contributed by atoms with Crippen LogP contribution in [0.4, 0.5) is 5.69 Å². The molecule has 2 N–H and O–H groups in total. The van der Waals surface area contributed by atoms with Gasteiger partial charge in [0.2, 0.25) is 0 Å². The number of nitrogens with two attached hydrogens (primary N) is 1. The van der Waals surface area contributed by atoms with E-state index in [4.69, 9.17) is 5.73 Å². The zero-order valence-electron chi connectivity index (χ0n) is 13.1. The van der Waals surface area contributed by atoms with Crippen molar-refractivity contribution < 1.29 is 9.59 Å². The van der Waals surface area contributed by atoms with Crippen LogP contribution in [0, 0.1) is 0 Å². The quantitative estimate of drug-likeness (QED) is 0.864. The molecule has 120 valence electrons. The van der Waals surface area contributed by atoms with E-state index in [1.807, 2.05) is 12.1 Å². The van der Waals surface area contributed by atoms with Crippen LogP contribution < -0.4 is 5.73 Å². The van der Waals surface area contributed by atoms with Gasteiger partial charge in [-0.05, 0) is 43.0 Å². The number of imide groups is 1. The fourth-order valence-corrected chi connectivity index (χ4v) is 3.54. The molecule has 0 spiro atoms. The molecule has 4 rings (SSSR count). The van der Waals surface area contributed by atoms with Gasteiger partial charge in [-0.3, -0.25) is 19.5 Å². The first kappa shape index (κ1) is 14.6. The number of carbonyl (C=O) groups excluding carboxylic acids is 2. The molecule has 1 aliphatic heterocycles.